The first-order valence-electron chi connectivity index (χ1n) is 6.49. The molecule has 102 valence electrons. The molecule has 4 heteroatoms. The van der Waals surface area contributed by atoms with E-state index in [1.807, 2.05) is 24.4 Å². The van der Waals surface area contributed by atoms with Crippen LogP contribution in [0.3, 0.4) is 0 Å². The molecule has 0 spiro atoms. The van der Waals surface area contributed by atoms with Gasteiger partial charge in [0.25, 0.3) is 0 Å². The number of fused-ring (bicyclic) bond motifs is 1. The van der Waals surface area contributed by atoms with Crippen molar-refractivity contribution in [3.8, 4) is 0 Å². The highest BCUT2D eigenvalue weighted by atomic mass is 16.3. The molecule has 0 fully saturated rings. The largest absolute Gasteiger partial charge is 0.396 e. The average molecular weight is 260 g/mol. The Labute approximate surface area is 112 Å². The Morgan fingerprint density at radius 2 is 2.11 bits per heavy atom. The highest BCUT2D eigenvalue weighted by Gasteiger charge is 2.24. The van der Waals surface area contributed by atoms with Crippen molar-refractivity contribution in [2.75, 3.05) is 13.2 Å². The minimum atomic E-state index is -0.162. The number of nitrogens with one attached hydrogen (secondary N) is 2. The van der Waals surface area contributed by atoms with Crippen molar-refractivity contribution in [3.05, 3.63) is 36.0 Å². The van der Waals surface area contributed by atoms with Crippen molar-refractivity contribution >= 4 is 16.8 Å². The van der Waals surface area contributed by atoms with Gasteiger partial charge in [-0.2, -0.15) is 0 Å². The van der Waals surface area contributed by atoms with Gasteiger partial charge in [0.15, 0.2) is 0 Å². The smallest absolute Gasteiger partial charge is 0.222 e. The summed E-state index contributed by atoms with van der Waals surface area (Å²) in [4.78, 5) is 14.7. The summed E-state index contributed by atoms with van der Waals surface area (Å²) in [7, 11) is 0. The number of benzene rings is 1. The van der Waals surface area contributed by atoms with Crippen LogP contribution < -0.4 is 5.32 Å². The van der Waals surface area contributed by atoms with E-state index in [9.17, 15) is 4.79 Å². The van der Waals surface area contributed by atoms with Crippen LogP contribution >= 0.6 is 0 Å². The van der Waals surface area contributed by atoms with Crippen molar-refractivity contribution in [1.82, 2.24) is 10.3 Å². The van der Waals surface area contributed by atoms with Gasteiger partial charge in [-0.3, -0.25) is 4.79 Å². The topological polar surface area (TPSA) is 65.1 Å². The summed E-state index contributed by atoms with van der Waals surface area (Å²) in [6.07, 6.45) is 2.16. The minimum absolute atomic E-state index is 0.112. The summed E-state index contributed by atoms with van der Waals surface area (Å²) < 4.78 is 0. The molecule has 1 aromatic heterocycles. The minimum Gasteiger partial charge on any atom is -0.396 e. The molecule has 0 saturated heterocycles. The molecule has 0 aliphatic carbocycles. The number of carbonyl (C=O) groups excluding carboxylic acids is 1. The molecule has 2 aromatic rings. The second kappa shape index (κ2) is 5.45. The number of amides is 1. The molecular weight excluding hydrogens is 240 g/mol. The van der Waals surface area contributed by atoms with E-state index in [2.05, 4.69) is 30.2 Å². The van der Waals surface area contributed by atoms with Crippen LogP contribution in [0, 0.1) is 0 Å². The van der Waals surface area contributed by atoms with Gasteiger partial charge in [0.05, 0.1) is 6.61 Å². The van der Waals surface area contributed by atoms with Crippen LogP contribution in [0.25, 0.3) is 10.9 Å². The third kappa shape index (κ3) is 2.96. The molecular formula is C15H20N2O2. The number of para-hydroxylation sites is 1. The van der Waals surface area contributed by atoms with Gasteiger partial charge in [-0.05, 0) is 11.6 Å². The number of hydrogen-bond donors (Lipinski definition) is 3. The van der Waals surface area contributed by atoms with Gasteiger partial charge >= 0.3 is 0 Å². The normalized spacial score (nSPS) is 11.7. The van der Waals surface area contributed by atoms with E-state index in [-0.39, 0.29) is 24.3 Å². The van der Waals surface area contributed by atoms with Gasteiger partial charge in [-0.1, -0.05) is 32.0 Å². The highest BCUT2D eigenvalue weighted by molar-refractivity contribution is 5.84. The molecule has 0 aliphatic rings. The SMILES string of the molecule is CC(C)(CNC(=O)CCO)c1c[nH]c2ccccc12. The Morgan fingerprint density at radius 1 is 1.37 bits per heavy atom. The van der Waals surface area contributed by atoms with Crippen LogP contribution in [0.2, 0.25) is 0 Å². The lowest BCUT2D eigenvalue weighted by Crippen LogP contribution is -2.36. The van der Waals surface area contributed by atoms with Gasteiger partial charge in [0.1, 0.15) is 0 Å². The molecule has 2 rings (SSSR count). The lowest BCUT2D eigenvalue weighted by Gasteiger charge is -2.24. The summed E-state index contributed by atoms with van der Waals surface area (Å²) in [5.41, 5.74) is 2.13. The molecule has 0 radical (unpaired) electrons. The maximum absolute atomic E-state index is 11.4. The zero-order valence-electron chi connectivity index (χ0n) is 11.4. The lowest BCUT2D eigenvalue weighted by molar-refractivity contribution is -0.121. The van der Waals surface area contributed by atoms with Gasteiger partial charge < -0.3 is 15.4 Å². The first kappa shape index (κ1) is 13.6. The number of aliphatic hydroxyl groups is 1. The number of carbonyl (C=O) groups is 1. The van der Waals surface area contributed by atoms with E-state index in [1.165, 1.54) is 10.9 Å². The Balaban J connectivity index is 2.17. The second-order valence-electron chi connectivity index (χ2n) is 5.38. The molecule has 1 amide bonds. The van der Waals surface area contributed by atoms with E-state index in [4.69, 9.17) is 5.11 Å². The van der Waals surface area contributed by atoms with Crippen LogP contribution in [-0.2, 0) is 10.2 Å². The van der Waals surface area contributed by atoms with Crippen molar-refractivity contribution in [2.24, 2.45) is 0 Å². The Kier molecular flexibility index (Phi) is 3.90. The van der Waals surface area contributed by atoms with Gasteiger partial charge in [-0.15, -0.1) is 0 Å². The molecule has 0 atom stereocenters. The Hall–Kier alpha value is -1.81. The number of rotatable bonds is 5. The quantitative estimate of drug-likeness (QED) is 0.769. The Bertz CT molecular complexity index is 572. The monoisotopic (exact) mass is 260 g/mol. The molecule has 0 aliphatic heterocycles. The van der Waals surface area contributed by atoms with Crippen LogP contribution in [0.5, 0.6) is 0 Å². The van der Waals surface area contributed by atoms with Gasteiger partial charge in [-0.25, -0.2) is 0 Å². The van der Waals surface area contributed by atoms with Gasteiger partial charge in [0, 0.05) is 35.5 Å². The van der Waals surface area contributed by atoms with Gasteiger partial charge in [0.2, 0.25) is 5.91 Å². The molecule has 0 saturated carbocycles. The van der Waals surface area contributed by atoms with Crippen LogP contribution in [0.15, 0.2) is 30.5 Å². The fourth-order valence-electron chi connectivity index (χ4n) is 2.24. The van der Waals surface area contributed by atoms with Crippen molar-refractivity contribution < 1.29 is 9.90 Å². The molecule has 19 heavy (non-hydrogen) atoms. The van der Waals surface area contributed by atoms with E-state index in [0.717, 1.165) is 5.52 Å². The first-order chi connectivity index (χ1) is 9.04. The molecule has 0 bridgehead atoms. The molecule has 1 aromatic carbocycles. The Morgan fingerprint density at radius 3 is 2.84 bits per heavy atom. The second-order valence-corrected chi connectivity index (χ2v) is 5.38. The molecule has 1 heterocycles. The summed E-state index contributed by atoms with van der Waals surface area (Å²) in [5.74, 6) is -0.115. The molecule has 0 unspecified atom stereocenters. The maximum Gasteiger partial charge on any atom is 0.222 e. The standard InChI is InChI=1S/C15H20N2O2/c1-15(2,10-17-14(19)7-8-18)12-9-16-13-6-4-3-5-11(12)13/h3-6,9,16,18H,7-8,10H2,1-2H3,(H,17,19). The van der Waals surface area contributed by atoms with Crippen LogP contribution in [0.1, 0.15) is 25.8 Å². The summed E-state index contributed by atoms with van der Waals surface area (Å²) >= 11 is 0. The summed E-state index contributed by atoms with van der Waals surface area (Å²) in [5, 5.41) is 12.8. The van der Waals surface area contributed by atoms with Crippen molar-refractivity contribution in [2.45, 2.75) is 25.7 Å². The summed E-state index contributed by atoms with van der Waals surface area (Å²) in [6, 6.07) is 8.14. The third-order valence-electron chi connectivity index (χ3n) is 3.38. The fraction of sp³-hybridized carbons (Fsp3) is 0.400. The zero-order chi connectivity index (χ0) is 13.9. The van der Waals surface area contributed by atoms with E-state index >= 15 is 0 Å². The molecule has 4 nitrogen and oxygen atoms in total. The van der Waals surface area contributed by atoms with E-state index in [0.29, 0.717) is 6.54 Å². The van der Waals surface area contributed by atoms with Crippen molar-refractivity contribution in [3.63, 3.8) is 0 Å². The number of hydrogen-bond acceptors (Lipinski definition) is 2. The van der Waals surface area contributed by atoms with Crippen LogP contribution in [-0.4, -0.2) is 29.1 Å². The average Bonchev–Trinajstić information content (AvgIpc) is 2.81. The van der Waals surface area contributed by atoms with E-state index < -0.39 is 0 Å². The fourth-order valence-corrected chi connectivity index (χ4v) is 2.24. The zero-order valence-corrected chi connectivity index (χ0v) is 11.4. The third-order valence-corrected chi connectivity index (χ3v) is 3.38. The lowest BCUT2D eigenvalue weighted by atomic mass is 9.84. The maximum atomic E-state index is 11.4. The summed E-state index contributed by atoms with van der Waals surface area (Å²) in [6.45, 7) is 4.64. The first-order valence-corrected chi connectivity index (χ1v) is 6.49. The predicted molar refractivity (Wildman–Crippen MR) is 76.0 cm³/mol. The number of aromatic nitrogens is 1. The molecule has 3 N–H and O–H groups in total. The van der Waals surface area contributed by atoms with Crippen LogP contribution in [0.4, 0.5) is 0 Å². The highest BCUT2D eigenvalue weighted by Crippen LogP contribution is 2.29. The number of aliphatic hydroxyl groups excluding tert-OH is 1. The predicted octanol–water partition coefficient (Wildman–Crippen LogP) is 1.94. The number of H-pyrrole nitrogens is 1. The number of aromatic amines is 1. The van der Waals surface area contributed by atoms with Crippen molar-refractivity contribution in [1.29, 1.82) is 0 Å². The van der Waals surface area contributed by atoms with E-state index in [1.54, 1.807) is 0 Å².